The number of nitrogens with one attached hydrogen (secondary N) is 1. The van der Waals surface area contributed by atoms with Crippen molar-refractivity contribution in [1.29, 1.82) is 0 Å². The van der Waals surface area contributed by atoms with Crippen LogP contribution >= 0.6 is 0 Å². The number of aromatic carboxylic acids is 1. The third-order valence-corrected chi connectivity index (χ3v) is 30.1. The average molecular weight is 1200 g/mol. The van der Waals surface area contributed by atoms with E-state index in [-0.39, 0.29) is 27.8 Å². The molecule has 0 radical (unpaired) electrons. The Balaban J connectivity index is 0.000000181. The van der Waals surface area contributed by atoms with Crippen LogP contribution in [0.1, 0.15) is 272 Å². The van der Waals surface area contributed by atoms with Gasteiger partial charge in [0, 0.05) is 11.1 Å². The standard InChI is InChI=1S/C40H59NO2.C37H53NO2.C5H12/c1-25(2)24-41-40-21-16-29(26(3)4)34(40)31-14-15-33-37(7)19-17-30(27-10-12-28(13-11-27)35(42)43)36(5,6)32(37)18-20-39(33,9)38(31,8)22-23-40;1-23(2)26-15-20-37(38)22-21-35(6)28(31(26)37)13-14-30-34(5)18-16-27(24-9-11-25(12-10-24)32(39)40-8)33(3,4)29(34)17-19-36(30,35)7;1-4-5(2)3/h10-13,17,25,29,31-34,41H,3,14-16,18-24H2,1-2,4-9H3,(H,42,43);9-12,16,26,28-31H,1,13-15,17-22,38H2,2-8H3;5H,4H2,1-3H3/t29-,31+,32-,33+,34+,37-,38+,39+,40-;26-,28+,29-,30+,31+,34-,35+,36+,37-;/m00./s1. The van der Waals surface area contributed by atoms with Crippen LogP contribution in [0, 0.1) is 114 Å². The highest BCUT2D eigenvalue weighted by molar-refractivity contribution is 5.90. The van der Waals surface area contributed by atoms with Gasteiger partial charge in [0.15, 0.2) is 0 Å². The van der Waals surface area contributed by atoms with Crippen molar-refractivity contribution in [3.63, 3.8) is 0 Å². The molecule has 10 aliphatic carbocycles. The number of hydrogen-bond donors (Lipinski definition) is 3. The lowest BCUT2D eigenvalue weighted by Crippen LogP contribution is -2.68. The fourth-order valence-corrected chi connectivity index (χ4v) is 25.0. The van der Waals surface area contributed by atoms with Gasteiger partial charge in [-0.25, -0.2) is 9.59 Å². The summed E-state index contributed by atoms with van der Waals surface area (Å²) in [5.41, 5.74) is 18.8. The lowest BCUT2D eigenvalue weighted by atomic mass is 9.33. The minimum atomic E-state index is -0.852. The fourth-order valence-electron chi connectivity index (χ4n) is 25.0. The molecule has 0 heterocycles. The molecule has 10 aliphatic rings. The maximum Gasteiger partial charge on any atom is 0.337 e. The Bertz CT molecular complexity index is 3020. The molecular weight excluding hydrogens is 1080 g/mol. The SMILES string of the molecule is C=C(C)[C@@H]1CC[C@]2(N)CC[C@]3(C)[C@H](CC[C@@H]4[C@@]5(C)CC=C(c6ccc(C(=O)OC)cc6)C(C)(C)[C@@H]5CC[C@]43C)[C@@H]12.C=C(C)[C@@H]1CC[C@]2(NCC(C)C)CC[C@]3(C)[C@H](CC[C@@H]4[C@@]5(C)CC=C(c6ccc(C(=O)O)cc6)C(C)(C)[C@@H]5CC[C@]43C)[C@@H]12.CCC(C)C. The van der Waals surface area contributed by atoms with Gasteiger partial charge in [0.1, 0.15) is 0 Å². The van der Waals surface area contributed by atoms with E-state index >= 15 is 0 Å². The van der Waals surface area contributed by atoms with E-state index < -0.39 is 5.97 Å². The number of esters is 1. The molecule has 18 atom stereocenters. The molecular formula is C82H124N2O4. The van der Waals surface area contributed by atoms with Gasteiger partial charge in [0.2, 0.25) is 0 Å². The number of rotatable bonds is 10. The van der Waals surface area contributed by atoms with Crippen molar-refractivity contribution in [2.24, 2.45) is 120 Å². The number of hydrogen-bond acceptors (Lipinski definition) is 5. The Morgan fingerprint density at radius 2 is 0.989 bits per heavy atom. The topological polar surface area (TPSA) is 102 Å². The number of carbonyl (C=O) groups excluding carboxylic acids is 1. The average Bonchev–Trinajstić information content (AvgIpc) is 0.933. The van der Waals surface area contributed by atoms with Crippen molar-refractivity contribution >= 4 is 23.1 Å². The van der Waals surface area contributed by atoms with Gasteiger partial charge in [-0.15, -0.1) is 0 Å². The molecule has 0 aromatic heterocycles. The second kappa shape index (κ2) is 23.7. The van der Waals surface area contributed by atoms with Crippen molar-refractivity contribution in [3.05, 3.63) is 107 Å². The third-order valence-electron chi connectivity index (χ3n) is 30.1. The Morgan fingerprint density at radius 1 is 0.557 bits per heavy atom. The maximum absolute atomic E-state index is 12.0. The largest absolute Gasteiger partial charge is 0.478 e. The Hall–Kier alpha value is -3.74. The van der Waals surface area contributed by atoms with Crippen LogP contribution in [0.25, 0.3) is 11.1 Å². The van der Waals surface area contributed by atoms with E-state index in [4.69, 9.17) is 10.5 Å². The number of fused-ring (bicyclic) bond motifs is 14. The number of benzene rings is 2. The van der Waals surface area contributed by atoms with Gasteiger partial charge in [-0.1, -0.05) is 171 Å². The molecule has 486 valence electrons. The summed E-state index contributed by atoms with van der Waals surface area (Å²) in [5, 5.41) is 13.7. The van der Waals surface area contributed by atoms with Gasteiger partial charge in [-0.05, 0) is 297 Å². The highest BCUT2D eigenvalue weighted by atomic mass is 16.5. The second-order valence-electron chi connectivity index (χ2n) is 35.4. The van der Waals surface area contributed by atoms with Gasteiger partial charge >= 0.3 is 11.9 Å². The molecule has 0 unspecified atom stereocenters. The summed E-state index contributed by atoms with van der Waals surface area (Å²) in [6.45, 7) is 52.3. The normalized spacial score (nSPS) is 42.2. The van der Waals surface area contributed by atoms with Crippen molar-refractivity contribution < 1.29 is 19.4 Å². The van der Waals surface area contributed by atoms with E-state index in [2.05, 4.69) is 160 Å². The molecule has 8 fully saturated rings. The van der Waals surface area contributed by atoms with E-state index in [0.29, 0.717) is 91.1 Å². The monoisotopic (exact) mass is 1200 g/mol. The van der Waals surface area contributed by atoms with Crippen LogP contribution in [0.15, 0.2) is 85.0 Å². The van der Waals surface area contributed by atoms with Crippen LogP contribution in [0.4, 0.5) is 0 Å². The number of carbonyl (C=O) groups is 2. The first kappa shape index (κ1) is 67.2. The summed E-state index contributed by atoms with van der Waals surface area (Å²) < 4.78 is 4.93. The number of carboxylic acid groups (broad SMARTS) is 1. The summed E-state index contributed by atoms with van der Waals surface area (Å²) in [6.07, 6.45) is 29.6. The minimum absolute atomic E-state index is 0.0198. The molecule has 2 aromatic rings. The Kier molecular flexibility index (Phi) is 18.1. The fraction of sp³-hybridized carbons (Fsp3) is 0.732. The second-order valence-corrected chi connectivity index (χ2v) is 35.4. The smallest absolute Gasteiger partial charge is 0.337 e. The summed E-state index contributed by atoms with van der Waals surface area (Å²) in [4.78, 5) is 23.5. The molecule has 12 rings (SSSR count). The number of nitrogens with two attached hydrogens (primary N) is 1. The van der Waals surface area contributed by atoms with Gasteiger partial charge in [-0.3, -0.25) is 0 Å². The van der Waals surface area contributed by atoms with Gasteiger partial charge in [-0.2, -0.15) is 0 Å². The molecule has 4 N–H and O–H groups in total. The van der Waals surface area contributed by atoms with Gasteiger partial charge < -0.3 is 20.9 Å². The molecule has 6 nitrogen and oxygen atoms in total. The highest BCUT2D eigenvalue weighted by Gasteiger charge is 2.72. The molecule has 0 bridgehead atoms. The molecule has 2 aromatic carbocycles. The van der Waals surface area contributed by atoms with Gasteiger partial charge in [0.25, 0.3) is 0 Å². The summed E-state index contributed by atoms with van der Waals surface area (Å²) in [5.74, 6) is 7.23. The summed E-state index contributed by atoms with van der Waals surface area (Å²) in [6, 6.07) is 15.7. The zero-order valence-electron chi connectivity index (χ0n) is 59.0. The molecule has 6 heteroatoms. The number of methoxy groups -OCH3 is 1. The minimum Gasteiger partial charge on any atom is -0.478 e. The van der Waals surface area contributed by atoms with E-state index in [1.54, 1.807) is 12.1 Å². The lowest BCUT2D eigenvalue weighted by molar-refractivity contribution is -0.219. The van der Waals surface area contributed by atoms with E-state index in [1.807, 2.05) is 24.3 Å². The van der Waals surface area contributed by atoms with Crippen LogP contribution in [-0.4, -0.2) is 41.8 Å². The molecule has 0 spiro atoms. The summed E-state index contributed by atoms with van der Waals surface area (Å²) >= 11 is 0. The molecule has 88 heavy (non-hydrogen) atoms. The van der Waals surface area contributed by atoms with Crippen molar-refractivity contribution in [3.8, 4) is 0 Å². The van der Waals surface area contributed by atoms with E-state index in [0.717, 1.165) is 43.1 Å². The van der Waals surface area contributed by atoms with Crippen LogP contribution in [0.3, 0.4) is 0 Å². The predicted octanol–water partition coefficient (Wildman–Crippen LogP) is 20.9. The van der Waals surface area contributed by atoms with E-state index in [9.17, 15) is 14.7 Å². The lowest BCUT2D eigenvalue weighted by Gasteiger charge is -2.72. The maximum atomic E-state index is 12.0. The zero-order valence-corrected chi connectivity index (χ0v) is 59.0. The molecule has 8 saturated carbocycles. The quantitative estimate of drug-likeness (QED) is 0.162. The first-order valence-corrected chi connectivity index (χ1v) is 35.9. The molecule has 0 aliphatic heterocycles. The molecule has 0 saturated heterocycles. The highest BCUT2D eigenvalue weighted by Crippen LogP contribution is 2.79. The first-order chi connectivity index (χ1) is 41.1. The molecule has 0 amide bonds. The number of carboxylic acids is 1. The first-order valence-electron chi connectivity index (χ1n) is 35.9. The number of ether oxygens (including phenoxy) is 1. The Labute approximate surface area is 536 Å². The van der Waals surface area contributed by atoms with Crippen LogP contribution in [0.2, 0.25) is 0 Å². The Morgan fingerprint density at radius 3 is 1.42 bits per heavy atom. The predicted molar refractivity (Wildman–Crippen MR) is 369 cm³/mol. The summed E-state index contributed by atoms with van der Waals surface area (Å²) in [7, 11) is 1.45. The third kappa shape index (κ3) is 10.4. The van der Waals surface area contributed by atoms with Gasteiger partial charge in [0.05, 0.1) is 18.2 Å². The zero-order chi connectivity index (χ0) is 64.3. The van der Waals surface area contributed by atoms with Crippen LogP contribution in [-0.2, 0) is 4.74 Å². The van der Waals surface area contributed by atoms with Crippen molar-refractivity contribution in [2.75, 3.05) is 13.7 Å². The van der Waals surface area contributed by atoms with E-state index in [1.165, 1.54) is 150 Å². The van der Waals surface area contributed by atoms with Crippen molar-refractivity contribution in [1.82, 2.24) is 5.32 Å². The van der Waals surface area contributed by atoms with Crippen molar-refractivity contribution in [2.45, 2.75) is 251 Å². The number of allylic oxidation sites excluding steroid dienone is 6. The van der Waals surface area contributed by atoms with Crippen LogP contribution in [0.5, 0.6) is 0 Å². The van der Waals surface area contributed by atoms with Crippen LogP contribution < -0.4 is 11.1 Å².